The second-order valence-electron chi connectivity index (χ2n) is 3.88. The van der Waals surface area contributed by atoms with E-state index >= 15 is 0 Å². The van der Waals surface area contributed by atoms with Crippen LogP contribution in [0.25, 0.3) is 0 Å². The lowest BCUT2D eigenvalue weighted by atomic mass is 9.77. The SMILES string of the molecule is C=C(C)C1CCC(CO)CC1O. The zero-order valence-corrected chi connectivity index (χ0v) is 7.66. The van der Waals surface area contributed by atoms with E-state index in [0.29, 0.717) is 5.92 Å². The molecule has 1 rings (SSSR count). The van der Waals surface area contributed by atoms with Crippen LogP contribution in [0, 0.1) is 11.8 Å². The van der Waals surface area contributed by atoms with Gasteiger partial charge in [-0.3, -0.25) is 0 Å². The highest BCUT2D eigenvalue weighted by Gasteiger charge is 2.28. The van der Waals surface area contributed by atoms with Crippen LogP contribution in [0.15, 0.2) is 12.2 Å². The van der Waals surface area contributed by atoms with Crippen LogP contribution in [0.1, 0.15) is 26.2 Å². The zero-order chi connectivity index (χ0) is 9.14. The maximum Gasteiger partial charge on any atom is 0.0608 e. The van der Waals surface area contributed by atoms with E-state index < -0.39 is 0 Å². The molecule has 0 aromatic rings. The standard InChI is InChI=1S/C10H18O2/c1-7(2)9-4-3-8(6-11)5-10(9)12/h8-12H,1,3-6H2,2H3. The normalized spacial score (nSPS) is 36.4. The summed E-state index contributed by atoms with van der Waals surface area (Å²) < 4.78 is 0. The van der Waals surface area contributed by atoms with Crippen LogP contribution in [-0.4, -0.2) is 22.9 Å². The fraction of sp³-hybridized carbons (Fsp3) is 0.800. The van der Waals surface area contributed by atoms with Crippen molar-refractivity contribution in [1.82, 2.24) is 0 Å². The topological polar surface area (TPSA) is 40.5 Å². The average Bonchev–Trinajstić information content (AvgIpc) is 2.03. The lowest BCUT2D eigenvalue weighted by molar-refractivity contribution is 0.0423. The molecule has 12 heavy (non-hydrogen) atoms. The van der Waals surface area contributed by atoms with Gasteiger partial charge in [-0.2, -0.15) is 0 Å². The molecule has 1 aliphatic carbocycles. The van der Waals surface area contributed by atoms with Gasteiger partial charge in [0.05, 0.1) is 6.10 Å². The molecule has 3 unspecified atom stereocenters. The Bertz CT molecular complexity index is 165. The van der Waals surface area contributed by atoms with Gasteiger partial charge in [0.25, 0.3) is 0 Å². The van der Waals surface area contributed by atoms with Gasteiger partial charge in [0, 0.05) is 12.5 Å². The number of rotatable bonds is 2. The number of aliphatic hydroxyl groups excluding tert-OH is 2. The predicted molar refractivity (Wildman–Crippen MR) is 48.7 cm³/mol. The molecule has 0 aromatic carbocycles. The van der Waals surface area contributed by atoms with E-state index in [2.05, 4.69) is 6.58 Å². The third kappa shape index (κ3) is 2.08. The molecule has 1 aliphatic rings. The summed E-state index contributed by atoms with van der Waals surface area (Å²) in [6.45, 7) is 6.03. The first-order valence-electron chi connectivity index (χ1n) is 4.59. The molecular formula is C10H18O2. The molecule has 70 valence electrons. The number of hydrogen-bond acceptors (Lipinski definition) is 2. The summed E-state index contributed by atoms with van der Waals surface area (Å²) in [7, 11) is 0. The molecular weight excluding hydrogens is 152 g/mol. The molecule has 0 heterocycles. The first kappa shape index (κ1) is 9.75. The van der Waals surface area contributed by atoms with Gasteiger partial charge in [0.2, 0.25) is 0 Å². The quantitative estimate of drug-likeness (QED) is 0.614. The summed E-state index contributed by atoms with van der Waals surface area (Å²) in [5.74, 6) is 0.559. The Morgan fingerprint density at radius 2 is 2.17 bits per heavy atom. The monoisotopic (exact) mass is 170 g/mol. The fourth-order valence-corrected chi connectivity index (χ4v) is 1.97. The van der Waals surface area contributed by atoms with Gasteiger partial charge in [-0.1, -0.05) is 12.2 Å². The van der Waals surface area contributed by atoms with Crippen molar-refractivity contribution in [3.63, 3.8) is 0 Å². The maximum absolute atomic E-state index is 9.67. The third-order valence-electron chi connectivity index (χ3n) is 2.82. The Labute approximate surface area is 73.9 Å². The first-order valence-corrected chi connectivity index (χ1v) is 4.59. The molecule has 2 nitrogen and oxygen atoms in total. The molecule has 0 saturated heterocycles. The van der Waals surface area contributed by atoms with Gasteiger partial charge >= 0.3 is 0 Å². The van der Waals surface area contributed by atoms with Crippen LogP contribution in [-0.2, 0) is 0 Å². The Morgan fingerprint density at radius 1 is 1.50 bits per heavy atom. The Hall–Kier alpha value is -0.340. The third-order valence-corrected chi connectivity index (χ3v) is 2.82. The smallest absolute Gasteiger partial charge is 0.0608 e. The van der Waals surface area contributed by atoms with Gasteiger partial charge in [-0.05, 0) is 32.1 Å². The minimum atomic E-state index is -0.284. The summed E-state index contributed by atoms with van der Waals surface area (Å²) in [4.78, 5) is 0. The summed E-state index contributed by atoms with van der Waals surface area (Å²) in [5.41, 5.74) is 1.07. The van der Waals surface area contributed by atoms with Crippen molar-refractivity contribution < 1.29 is 10.2 Å². The molecule has 1 fully saturated rings. The Balaban J connectivity index is 2.47. The molecule has 0 radical (unpaired) electrons. The van der Waals surface area contributed by atoms with Crippen molar-refractivity contribution in [3.8, 4) is 0 Å². The second-order valence-corrected chi connectivity index (χ2v) is 3.88. The van der Waals surface area contributed by atoms with E-state index in [1.807, 2.05) is 6.92 Å². The van der Waals surface area contributed by atoms with Crippen molar-refractivity contribution in [2.45, 2.75) is 32.3 Å². The molecule has 0 aromatic heterocycles. The first-order chi connectivity index (χ1) is 5.65. The molecule has 1 saturated carbocycles. The molecule has 2 heteroatoms. The average molecular weight is 170 g/mol. The fourth-order valence-electron chi connectivity index (χ4n) is 1.97. The van der Waals surface area contributed by atoms with E-state index in [9.17, 15) is 5.11 Å². The lowest BCUT2D eigenvalue weighted by Crippen LogP contribution is -2.31. The molecule has 0 amide bonds. The predicted octanol–water partition coefficient (Wildman–Crippen LogP) is 1.33. The van der Waals surface area contributed by atoms with Gasteiger partial charge in [0.1, 0.15) is 0 Å². The van der Waals surface area contributed by atoms with Gasteiger partial charge in [-0.25, -0.2) is 0 Å². The van der Waals surface area contributed by atoms with Crippen LogP contribution in [0.5, 0.6) is 0 Å². The van der Waals surface area contributed by atoms with Gasteiger partial charge < -0.3 is 10.2 Å². The molecule has 0 spiro atoms. The minimum Gasteiger partial charge on any atom is -0.396 e. The highest BCUT2D eigenvalue weighted by atomic mass is 16.3. The second kappa shape index (κ2) is 4.06. The van der Waals surface area contributed by atoms with E-state index in [-0.39, 0.29) is 18.6 Å². The molecule has 0 bridgehead atoms. The van der Waals surface area contributed by atoms with Crippen LogP contribution in [0.2, 0.25) is 0 Å². The molecule has 0 aliphatic heterocycles. The number of aliphatic hydroxyl groups is 2. The summed E-state index contributed by atoms with van der Waals surface area (Å²) in [6, 6.07) is 0. The molecule has 3 atom stereocenters. The highest BCUT2D eigenvalue weighted by Crippen LogP contribution is 2.32. The Kier molecular flexibility index (Phi) is 3.29. The van der Waals surface area contributed by atoms with Crippen molar-refractivity contribution in [1.29, 1.82) is 0 Å². The van der Waals surface area contributed by atoms with E-state index in [1.54, 1.807) is 0 Å². The van der Waals surface area contributed by atoms with Crippen LogP contribution < -0.4 is 0 Å². The molecule has 2 N–H and O–H groups in total. The summed E-state index contributed by atoms with van der Waals surface area (Å²) in [6.07, 6.45) is 2.44. The van der Waals surface area contributed by atoms with Crippen molar-refractivity contribution in [2.75, 3.05) is 6.61 Å². The van der Waals surface area contributed by atoms with Crippen LogP contribution >= 0.6 is 0 Å². The highest BCUT2D eigenvalue weighted by molar-refractivity contribution is 5.01. The zero-order valence-electron chi connectivity index (χ0n) is 7.66. The maximum atomic E-state index is 9.67. The van der Waals surface area contributed by atoms with E-state index in [1.165, 1.54) is 0 Å². The minimum absolute atomic E-state index is 0.208. The lowest BCUT2D eigenvalue weighted by Gasteiger charge is -2.32. The number of hydrogen-bond donors (Lipinski definition) is 2. The van der Waals surface area contributed by atoms with Gasteiger partial charge in [0.15, 0.2) is 0 Å². The van der Waals surface area contributed by atoms with Crippen molar-refractivity contribution in [2.24, 2.45) is 11.8 Å². The van der Waals surface area contributed by atoms with Gasteiger partial charge in [-0.15, -0.1) is 0 Å². The van der Waals surface area contributed by atoms with E-state index in [0.717, 1.165) is 24.8 Å². The van der Waals surface area contributed by atoms with Crippen LogP contribution in [0.3, 0.4) is 0 Å². The Morgan fingerprint density at radius 3 is 2.58 bits per heavy atom. The van der Waals surface area contributed by atoms with Crippen molar-refractivity contribution >= 4 is 0 Å². The summed E-state index contributed by atoms with van der Waals surface area (Å²) in [5, 5.41) is 18.6. The van der Waals surface area contributed by atoms with Crippen LogP contribution in [0.4, 0.5) is 0 Å². The van der Waals surface area contributed by atoms with Crippen molar-refractivity contribution in [3.05, 3.63) is 12.2 Å². The largest absolute Gasteiger partial charge is 0.396 e. The van der Waals surface area contributed by atoms with E-state index in [4.69, 9.17) is 5.11 Å². The summed E-state index contributed by atoms with van der Waals surface area (Å²) >= 11 is 0.